The van der Waals surface area contributed by atoms with E-state index in [9.17, 15) is 9.90 Å². The molecule has 0 fully saturated rings. The first kappa shape index (κ1) is 15.5. The van der Waals surface area contributed by atoms with Gasteiger partial charge >= 0.3 is 0 Å². The molecule has 0 aliphatic carbocycles. The van der Waals surface area contributed by atoms with Crippen molar-refractivity contribution in [3.05, 3.63) is 29.8 Å². The number of hydrogen-bond acceptors (Lipinski definition) is 4. The Hall–Kier alpha value is -1.59. The van der Waals surface area contributed by atoms with Crippen LogP contribution in [0.2, 0.25) is 0 Å². The first-order chi connectivity index (χ1) is 8.93. The molecule has 1 atom stereocenters. The Balaban J connectivity index is 2.24. The molecule has 106 valence electrons. The Morgan fingerprint density at radius 3 is 2.84 bits per heavy atom. The van der Waals surface area contributed by atoms with Crippen molar-refractivity contribution in [1.29, 1.82) is 0 Å². The predicted octanol–water partition coefficient (Wildman–Crippen LogP) is 0.623. The molecule has 0 radical (unpaired) electrons. The van der Waals surface area contributed by atoms with E-state index < -0.39 is 12.2 Å². The second-order valence-electron chi connectivity index (χ2n) is 4.85. The third-order valence-corrected chi connectivity index (χ3v) is 2.59. The fourth-order valence-corrected chi connectivity index (χ4v) is 1.40. The van der Waals surface area contributed by atoms with E-state index in [4.69, 9.17) is 9.84 Å². The van der Waals surface area contributed by atoms with Crippen LogP contribution in [0.4, 0.5) is 0 Å². The van der Waals surface area contributed by atoms with Gasteiger partial charge in [-0.2, -0.15) is 0 Å². The smallest absolute Gasteiger partial charge is 0.223 e. The van der Waals surface area contributed by atoms with Gasteiger partial charge in [-0.3, -0.25) is 4.79 Å². The van der Waals surface area contributed by atoms with Gasteiger partial charge in [0.15, 0.2) is 0 Å². The summed E-state index contributed by atoms with van der Waals surface area (Å²) >= 11 is 0. The molecule has 5 heteroatoms. The van der Waals surface area contributed by atoms with Crippen molar-refractivity contribution in [3.8, 4) is 5.75 Å². The Kier molecular flexibility index (Phi) is 5.79. The average Bonchev–Trinajstić information content (AvgIpc) is 2.37. The number of hydrogen-bond donors (Lipinski definition) is 3. The third kappa shape index (κ3) is 6.22. The van der Waals surface area contributed by atoms with Crippen LogP contribution in [0.15, 0.2) is 24.3 Å². The van der Waals surface area contributed by atoms with Crippen LogP contribution in [-0.4, -0.2) is 41.5 Å². The van der Waals surface area contributed by atoms with Gasteiger partial charge in [-0.15, -0.1) is 0 Å². The lowest BCUT2D eigenvalue weighted by Gasteiger charge is -2.20. The highest BCUT2D eigenvalue weighted by Crippen LogP contribution is 2.12. The standard InChI is InChI=1S/C14H21NO4/c1-11-4-3-5-12(8-11)19-7-6-13(17)15-9-14(2,18)10-16/h3-5,8,16,18H,6-7,9-10H2,1-2H3,(H,15,17). The number of aryl methyl sites for hydroxylation is 1. The number of carbonyl (C=O) groups is 1. The summed E-state index contributed by atoms with van der Waals surface area (Å²) in [5, 5.41) is 20.9. The maximum Gasteiger partial charge on any atom is 0.223 e. The molecular formula is C14H21NO4. The van der Waals surface area contributed by atoms with Crippen LogP contribution >= 0.6 is 0 Å². The molecule has 19 heavy (non-hydrogen) atoms. The molecule has 0 heterocycles. The van der Waals surface area contributed by atoms with Crippen LogP contribution in [0, 0.1) is 6.92 Å². The fraction of sp³-hybridized carbons (Fsp3) is 0.500. The maximum atomic E-state index is 11.5. The van der Waals surface area contributed by atoms with E-state index in [1.54, 1.807) is 0 Å². The third-order valence-electron chi connectivity index (χ3n) is 2.59. The summed E-state index contributed by atoms with van der Waals surface area (Å²) in [7, 11) is 0. The van der Waals surface area contributed by atoms with E-state index in [0.29, 0.717) is 0 Å². The molecule has 0 spiro atoms. The SMILES string of the molecule is Cc1cccc(OCCC(=O)NCC(C)(O)CO)c1. The van der Waals surface area contributed by atoms with Crippen molar-refractivity contribution < 1.29 is 19.7 Å². The van der Waals surface area contributed by atoms with Crippen molar-refractivity contribution in [2.24, 2.45) is 0 Å². The lowest BCUT2D eigenvalue weighted by Crippen LogP contribution is -2.43. The van der Waals surface area contributed by atoms with Crippen molar-refractivity contribution in [2.45, 2.75) is 25.9 Å². The summed E-state index contributed by atoms with van der Waals surface area (Å²) < 4.78 is 5.44. The van der Waals surface area contributed by atoms with Gasteiger partial charge in [0.05, 0.1) is 19.6 Å². The molecule has 1 amide bonds. The molecule has 0 saturated heterocycles. The zero-order valence-electron chi connectivity index (χ0n) is 11.3. The first-order valence-electron chi connectivity index (χ1n) is 6.22. The largest absolute Gasteiger partial charge is 0.493 e. The number of aliphatic hydroxyl groups is 2. The minimum atomic E-state index is -1.28. The second kappa shape index (κ2) is 7.11. The summed E-state index contributed by atoms with van der Waals surface area (Å²) in [6, 6.07) is 7.59. The van der Waals surface area contributed by atoms with E-state index in [-0.39, 0.29) is 25.5 Å². The Labute approximate surface area is 113 Å². The Morgan fingerprint density at radius 2 is 2.21 bits per heavy atom. The van der Waals surface area contributed by atoms with Crippen LogP contribution in [0.1, 0.15) is 18.9 Å². The Morgan fingerprint density at radius 1 is 1.47 bits per heavy atom. The highest BCUT2D eigenvalue weighted by molar-refractivity contribution is 5.76. The van der Waals surface area contributed by atoms with E-state index in [1.807, 2.05) is 31.2 Å². The number of nitrogens with one attached hydrogen (secondary N) is 1. The second-order valence-corrected chi connectivity index (χ2v) is 4.85. The van der Waals surface area contributed by atoms with Gasteiger partial charge in [-0.25, -0.2) is 0 Å². The molecule has 1 unspecified atom stereocenters. The molecule has 1 rings (SSSR count). The summed E-state index contributed by atoms with van der Waals surface area (Å²) in [5.41, 5.74) is -0.187. The predicted molar refractivity (Wildman–Crippen MR) is 72.0 cm³/mol. The molecule has 1 aromatic rings. The lowest BCUT2D eigenvalue weighted by atomic mass is 10.1. The molecule has 0 aliphatic heterocycles. The topological polar surface area (TPSA) is 78.8 Å². The molecule has 0 bridgehead atoms. The van der Waals surface area contributed by atoms with Crippen LogP contribution in [0.3, 0.4) is 0 Å². The van der Waals surface area contributed by atoms with Crippen molar-refractivity contribution in [3.63, 3.8) is 0 Å². The van der Waals surface area contributed by atoms with Crippen molar-refractivity contribution >= 4 is 5.91 Å². The summed E-state index contributed by atoms with van der Waals surface area (Å²) in [6.45, 7) is 3.32. The quantitative estimate of drug-likeness (QED) is 0.677. The molecule has 0 aliphatic rings. The number of amides is 1. The van der Waals surface area contributed by atoms with E-state index in [0.717, 1.165) is 11.3 Å². The van der Waals surface area contributed by atoms with Gasteiger partial charge in [0.1, 0.15) is 11.4 Å². The monoisotopic (exact) mass is 267 g/mol. The van der Waals surface area contributed by atoms with Gasteiger partial charge < -0.3 is 20.3 Å². The molecule has 1 aromatic carbocycles. The van der Waals surface area contributed by atoms with Crippen molar-refractivity contribution in [1.82, 2.24) is 5.32 Å². The van der Waals surface area contributed by atoms with E-state index in [1.165, 1.54) is 6.92 Å². The number of ether oxygens (including phenoxy) is 1. The van der Waals surface area contributed by atoms with Gasteiger partial charge in [-0.1, -0.05) is 12.1 Å². The number of benzene rings is 1. The van der Waals surface area contributed by atoms with E-state index in [2.05, 4.69) is 5.32 Å². The average molecular weight is 267 g/mol. The summed E-state index contributed by atoms with van der Waals surface area (Å²) in [5.74, 6) is 0.511. The fourth-order valence-electron chi connectivity index (χ4n) is 1.40. The van der Waals surface area contributed by atoms with Crippen LogP contribution in [0.25, 0.3) is 0 Å². The summed E-state index contributed by atoms with van der Waals surface area (Å²) in [4.78, 5) is 11.5. The van der Waals surface area contributed by atoms with Crippen LogP contribution in [0.5, 0.6) is 5.75 Å². The molecule has 0 aromatic heterocycles. The van der Waals surface area contributed by atoms with E-state index >= 15 is 0 Å². The zero-order valence-corrected chi connectivity index (χ0v) is 11.3. The minimum Gasteiger partial charge on any atom is -0.493 e. The molecular weight excluding hydrogens is 246 g/mol. The highest BCUT2D eigenvalue weighted by atomic mass is 16.5. The Bertz CT molecular complexity index is 418. The molecule has 5 nitrogen and oxygen atoms in total. The number of aliphatic hydroxyl groups excluding tert-OH is 1. The minimum absolute atomic E-state index is 0.0206. The van der Waals surface area contributed by atoms with Gasteiger partial charge in [0, 0.05) is 6.54 Å². The van der Waals surface area contributed by atoms with Crippen LogP contribution < -0.4 is 10.1 Å². The highest BCUT2D eigenvalue weighted by Gasteiger charge is 2.19. The van der Waals surface area contributed by atoms with Crippen LogP contribution in [-0.2, 0) is 4.79 Å². The van der Waals surface area contributed by atoms with Gasteiger partial charge in [0.25, 0.3) is 0 Å². The number of rotatable bonds is 7. The molecule has 0 saturated carbocycles. The van der Waals surface area contributed by atoms with Gasteiger partial charge in [-0.05, 0) is 31.5 Å². The first-order valence-corrected chi connectivity index (χ1v) is 6.22. The lowest BCUT2D eigenvalue weighted by molar-refractivity contribution is -0.123. The van der Waals surface area contributed by atoms with Crippen molar-refractivity contribution in [2.75, 3.05) is 19.8 Å². The zero-order chi connectivity index (χ0) is 14.3. The maximum absolute atomic E-state index is 11.5. The number of carbonyl (C=O) groups excluding carboxylic acids is 1. The summed E-state index contributed by atoms with van der Waals surface area (Å²) in [6.07, 6.45) is 0.204. The van der Waals surface area contributed by atoms with Gasteiger partial charge in [0.2, 0.25) is 5.91 Å². The molecule has 3 N–H and O–H groups in total. The normalized spacial score (nSPS) is 13.7.